The van der Waals surface area contributed by atoms with Crippen LogP contribution in [0.2, 0.25) is 0 Å². The molecular formula is C16H15N7O4. The van der Waals surface area contributed by atoms with Crippen molar-refractivity contribution in [1.82, 2.24) is 4.98 Å². The number of nitrogens with zero attached hydrogens (tertiary/aromatic N) is 3. The minimum absolute atomic E-state index is 0.0630. The Morgan fingerprint density at radius 2 is 1.44 bits per heavy atom. The van der Waals surface area contributed by atoms with Gasteiger partial charge in [0.05, 0.1) is 28.0 Å². The maximum atomic E-state index is 11.6. The van der Waals surface area contributed by atoms with Gasteiger partial charge in [0.1, 0.15) is 0 Å². The van der Waals surface area contributed by atoms with Gasteiger partial charge < -0.3 is 16.6 Å². The van der Waals surface area contributed by atoms with Gasteiger partial charge in [-0.25, -0.2) is 41.1 Å². The number of carboxylic acids is 1. The zero-order valence-electron chi connectivity index (χ0n) is 13.8. The Morgan fingerprint density at radius 3 is 2.04 bits per heavy atom. The van der Waals surface area contributed by atoms with Crippen molar-refractivity contribution in [2.45, 2.75) is 0 Å². The molecule has 0 aliphatic carbocycles. The standard InChI is InChI=1S/C16H15N7O4/c17-15(26)22(19)8-2-1-7-3-10-11(14(24)25)4-9(23(20)16(18)27)6-13(10)21-12(7)5-8/h1-6H,19-20H2,(H2,17,26)(H2,18,27)(H,24,25). The van der Waals surface area contributed by atoms with Crippen LogP contribution >= 0.6 is 0 Å². The summed E-state index contributed by atoms with van der Waals surface area (Å²) in [4.78, 5) is 38.6. The third-order valence-electron chi connectivity index (χ3n) is 3.96. The summed E-state index contributed by atoms with van der Waals surface area (Å²) < 4.78 is 0. The second kappa shape index (κ2) is 6.40. The molecule has 11 nitrogen and oxygen atoms in total. The molecule has 1 aromatic heterocycles. The number of urea groups is 2. The molecule has 3 rings (SSSR count). The van der Waals surface area contributed by atoms with E-state index in [1.807, 2.05) is 0 Å². The molecule has 0 unspecified atom stereocenters. The minimum Gasteiger partial charge on any atom is -0.478 e. The number of fused-ring (bicyclic) bond motifs is 2. The van der Waals surface area contributed by atoms with Crippen LogP contribution in [-0.4, -0.2) is 28.1 Å². The summed E-state index contributed by atoms with van der Waals surface area (Å²) in [6, 6.07) is 7.13. The van der Waals surface area contributed by atoms with Gasteiger partial charge in [-0.1, -0.05) is 6.07 Å². The molecule has 0 fully saturated rings. The first kappa shape index (κ1) is 17.8. The van der Waals surface area contributed by atoms with Crippen LogP contribution in [-0.2, 0) is 0 Å². The lowest BCUT2D eigenvalue weighted by molar-refractivity contribution is 0.0699. The van der Waals surface area contributed by atoms with Crippen molar-refractivity contribution in [2.75, 3.05) is 10.0 Å². The number of hydrogen-bond donors (Lipinski definition) is 5. The number of aromatic carboxylic acids is 1. The number of carbonyl (C=O) groups is 3. The van der Waals surface area contributed by atoms with Crippen LogP contribution in [0.15, 0.2) is 36.4 Å². The van der Waals surface area contributed by atoms with Gasteiger partial charge in [-0.15, -0.1) is 0 Å². The van der Waals surface area contributed by atoms with Crippen LogP contribution < -0.4 is 33.2 Å². The van der Waals surface area contributed by atoms with Gasteiger partial charge in [0.15, 0.2) is 0 Å². The number of amides is 4. The van der Waals surface area contributed by atoms with E-state index in [4.69, 9.17) is 23.2 Å². The summed E-state index contributed by atoms with van der Waals surface area (Å²) in [6.07, 6.45) is 0. The van der Waals surface area contributed by atoms with Crippen molar-refractivity contribution in [3.8, 4) is 0 Å². The normalized spacial score (nSPS) is 10.7. The van der Waals surface area contributed by atoms with E-state index in [1.165, 1.54) is 18.2 Å². The summed E-state index contributed by atoms with van der Waals surface area (Å²) in [7, 11) is 0. The molecule has 3 aromatic rings. The first-order valence-electron chi connectivity index (χ1n) is 7.49. The number of nitrogens with two attached hydrogens (primary N) is 4. The van der Waals surface area contributed by atoms with Crippen LogP contribution in [0.25, 0.3) is 21.8 Å². The van der Waals surface area contributed by atoms with Crippen LogP contribution in [0.1, 0.15) is 10.4 Å². The van der Waals surface area contributed by atoms with Gasteiger partial charge >= 0.3 is 18.0 Å². The Kier molecular flexibility index (Phi) is 4.23. The number of rotatable bonds is 3. The zero-order valence-corrected chi connectivity index (χ0v) is 13.8. The van der Waals surface area contributed by atoms with E-state index >= 15 is 0 Å². The molecule has 27 heavy (non-hydrogen) atoms. The molecule has 2 aromatic carbocycles. The molecule has 0 bridgehead atoms. The number of carboxylic acid groups (broad SMARTS) is 1. The van der Waals surface area contributed by atoms with E-state index < -0.39 is 18.0 Å². The van der Waals surface area contributed by atoms with Crippen molar-refractivity contribution in [3.05, 3.63) is 42.0 Å². The summed E-state index contributed by atoms with van der Waals surface area (Å²) in [5.74, 6) is 9.93. The second-order valence-corrected chi connectivity index (χ2v) is 5.65. The fourth-order valence-corrected chi connectivity index (χ4v) is 2.62. The minimum atomic E-state index is -1.22. The average Bonchev–Trinajstić information content (AvgIpc) is 2.63. The third-order valence-corrected chi connectivity index (χ3v) is 3.96. The Hall–Kier alpha value is -3.96. The number of hydrogen-bond acceptors (Lipinski definition) is 6. The molecule has 11 heteroatoms. The quantitative estimate of drug-likeness (QED) is 0.193. The molecule has 0 spiro atoms. The highest BCUT2D eigenvalue weighted by molar-refractivity contribution is 6.08. The first-order chi connectivity index (χ1) is 12.7. The van der Waals surface area contributed by atoms with E-state index in [0.29, 0.717) is 27.0 Å². The maximum absolute atomic E-state index is 11.6. The number of primary amides is 2. The highest BCUT2D eigenvalue weighted by Gasteiger charge is 2.17. The SMILES string of the molecule is NC(=O)N(N)c1ccc2cc3c(C(=O)O)cc(N(N)C(N)=O)cc3nc2c1. The number of pyridine rings is 1. The van der Waals surface area contributed by atoms with E-state index in [2.05, 4.69) is 4.98 Å². The summed E-state index contributed by atoms with van der Waals surface area (Å²) >= 11 is 0. The van der Waals surface area contributed by atoms with Crippen LogP contribution in [0.4, 0.5) is 21.0 Å². The van der Waals surface area contributed by atoms with Gasteiger partial charge in [0.25, 0.3) is 0 Å². The van der Waals surface area contributed by atoms with Crippen LogP contribution in [0.5, 0.6) is 0 Å². The molecule has 0 radical (unpaired) electrons. The van der Waals surface area contributed by atoms with Gasteiger partial charge in [0.2, 0.25) is 0 Å². The van der Waals surface area contributed by atoms with Crippen LogP contribution in [0.3, 0.4) is 0 Å². The van der Waals surface area contributed by atoms with Crippen molar-refractivity contribution >= 4 is 51.2 Å². The average molecular weight is 369 g/mol. The molecule has 0 saturated carbocycles. The number of anilines is 2. The fourth-order valence-electron chi connectivity index (χ4n) is 2.62. The van der Waals surface area contributed by atoms with Crippen LogP contribution in [0, 0.1) is 0 Å². The number of carbonyl (C=O) groups excluding carboxylic acids is 2. The molecule has 4 amide bonds. The highest BCUT2D eigenvalue weighted by atomic mass is 16.4. The summed E-state index contributed by atoms with van der Waals surface area (Å²) in [6.45, 7) is 0. The lowest BCUT2D eigenvalue weighted by Gasteiger charge is -2.16. The van der Waals surface area contributed by atoms with E-state index in [1.54, 1.807) is 18.2 Å². The smallest absolute Gasteiger partial charge is 0.336 e. The predicted molar refractivity (Wildman–Crippen MR) is 98.7 cm³/mol. The van der Waals surface area contributed by atoms with Gasteiger partial charge in [-0.2, -0.15) is 0 Å². The zero-order chi connectivity index (χ0) is 19.9. The number of aromatic nitrogens is 1. The van der Waals surface area contributed by atoms with Gasteiger partial charge in [-0.3, -0.25) is 0 Å². The Bertz CT molecular complexity index is 1110. The summed E-state index contributed by atoms with van der Waals surface area (Å²) in [5.41, 5.74) is 11.2. The largest absolute Gasteiger partial charge is 0.478 e. The molecule has 138 valence electrons. The third kappa shape index (κ3) is 3.15. The molecule has 0 atom stereocenters. The molecule has 1 heterocycles. The van der Waals surface area contributed by atoms with Gasteiger partial charge in [-0.05, 0) is 30.3 Å². The molecule has 9 N–H and O–H groups in total. The van der Waals surface area contributed by atoms with Crippen molar-refractivity contribution in [3.63, 3.8) is 0 Å². The highest BCUT2D eigenvalue weighted by Crippen LogP contribution is 2.29. The Labute approximate surface area is 151 Å². The van der Waals surface area contributed by atoms with Crippen molar-refractivity contribution in [1.29, 1.82) is 0 Å². The lowest BCUT2D eigenvalue weighted by atomic mass is 10.0. The molecule has 0 aliphatic heterocycles. The van der Waals surface area contributed by atoms with E-state index in [-0.39, 0.29) is 16.8 Å². The maximum Gasteiger partial charge on any atom is 0.336 e. The van der Waals surface area contributed by atoms with Crippen molar-refractivity contribution < 1.29 is 19.5 Å². The second-order valence-electron chi connectivity index (χ2n) is 5.65. The fraction of sp³-hybridized carbons (Fsp3) is 0. The lowest BCUT2D eigenvalue weighted by Crippen LogP contribution is -2.41. The summed E-state index contributed by atoms with van der Waals surface area (Å²) in [5, 5.41) is 11.8. The number of benzene rings is 2. The first-order valence-corrected chi connectivity index (χ1v) is 7.49. The van der Waals surface area contributed by atoms with E-state index in [9.17, 15) is 19.5 Å². The van der Waals surface area contributed by atoms with Gasteiger partial charge in [0, 0.05) is 10.8 Å². The monoisotopic (exact) mass is 369 g/mol. The van der Waals surface area contributed by atoms with Crippen molar-refractivity contribution in [2.24, 2.45) is 23.2 Å². The molecule has 0 saturated heterocycles. The molecular weight excluding hydrogens is 354 g/mol. The molecule has 0 aliphatic rings. The predicted octanol–water partition coefficient (Wildman–Crippen LogP) is 0.604. The topological polar surface area (TPSA) is 195 Å². The number of hydrazine groups is 2. The van der Waals surface area contributed by atoms with E-state index in [0.717, 1.165) is 5.01 Å². The Balaban J connectivity index is 2.29. The Morgan fingerprint density at radius 1 is 0.852 bits per heavy atom.